The van der Waals surface area contributed by atoms with Gasteiger partial charge in [0.1, 0.15) is 0 Å². The van der Waals surface area contributed by atoms with E-state index in [0.29, 0.717) is 0 Å². The van der Waals surface area contributed by atoms with Gasteiger partial charge in [-0.05, 0) is 12.1 Å². The molecule has 0 aliphatic rings. The Labute approximate surface area is 89.7 Å². The predicted molar refractivity (Wildman–Crippen MR) is 54.1 cm³/mol. The van der Waals surface area contributed by atoms with E-state index in [2.05, 4.69) is 5.10 Å². The van der Waals surface area contributed by atoms with Crippen LogP contribution in [0.2, 0.25) is 0 Å². The summed E-state index contributed by atoms with van der Waals surface area (Å²) < 4.78 is 5.83. The van der Waals surface area contributed by atoms with Crippen LogP contribution >= 0.6 is 0 Å². The van der Waals surface area contributed by atoms with Gasteiger partial charge < -0.3 is 9.52 Å². The third-order valence-corrected chi connectivity index (χ3v) is 2.08. The van der Waals surface area contributed by atoms with Crippen molar-refractivity contribution >= 4 is 5.97 Å². The Morgan fingerprint density at radius 2 is 2.12 bits per heavy atom. The molecule has 0 unspecified atom stereocenters. The first-order valence-electron chi connectivity index (χ1n) is 4.46. The van der Waals surface area contributed by atoms with Crippen molar-refractivity contribution in [1.29, 1.82) is 0 Å². The SMILES string of the molecule is Cn1nc(-c2ccccc2C(=O)O)oc1=O. The van der Waals surface area contributed by atoms with Crippen molar-refractivity contribution in [3.8, 4) is 11.5 Å². The molecular formula is C10H8N2O4. The molecule has 6 heteroatoms. The molecule has 0 aliphatic carbocycles. The van der Waals surface area contributed by atoms with E-state index < -0.39 is 11.7 Å². The van der Waals surface area contributed by atoms with Crippen LogP contribution in [-0.2, 0) is 7.05 Å². The van der Waals surface area contributed by atoms with Gasteiger partial charge in [0.25, 0.3) is 0 Å². The Morgan fingerprint density at radius 3 is 2.69 bits per heavy atom. The van der Waals surface area contributed by atoms with E-state index in [9.17, 15) is 9.59 Å². The number of hydrogen-bond donors (Lipinski definition) is 1. The molecule has 0 saturated carbocycles. The molecule has 1 aromatic carbocycles. The molecule has 1 N–H and O–H groups in total. The molecule has 0 bridgehead atoms. The number of hydrogen-bond acceptors (Lipinski definition) is 4. The highest BCUT2D eigenvalue weighted by Gasteiger charge is 2.15. The first-order valence-corrected chi connectivity index (χ1v) is 4.46. The van der Waals surface area contributed by atoms with Gasteiger partial charge in [-0.3, -0.25) is 0 Å². The molecule has 0 saturated heterocycles. The second-order valence-corrected chi connectivity index (χ2v) is 3.15. The molecular weight excluding hydrogens is 212 g/mol. The summed E-state index contributed by atoms with van der Waals surface area (Å²) in [5, 5.41) is 12.7. The molecule has 2 aromatic rings. The molecule has 2 rings (SSSR count). The van der Waals surface area contributed by atoms with Crippen molar-refractivity contribution in [2.75, 3.05) is 0 Å². The summed E-state index contributed by atoms with van der Waals surface area (Å²) in [6.07, 6.45) is 0. The number of aromatic carboxylic acids is 1. The lowest BCUT2D eigenvalue weighted by Gasteiger charge is -1.99. The average molecular weight is 220 g/mol. The van der Waals surface area contributed by atoms with Crippen LogP contribution in [0.25, 0.3) is 11.5 Å². The third kappa shape index (κ3) is 1.60. The Kier molecular flexibility index (Phi) is 2.32. The summed E-state index contributed by atoms with van der Waals surface area (Å²) in [6.45, 7) is 0. The van der Waals surface area contributed by atoms with Crippen LogP contribution in [0.5, 0.6) is 0 Å². The summed E-state index contributed by atoms with van der Waals surface area (Å²) in [4.78, 5) is 22.0. The summed E-state index contributed by atoms with van der Waals surface area (Å²) in [5.74, 6) is -1.72. The highest BCUT2D eigenvalue weighted by molar-refractivity contribution is 5.94. The molecule has 1 heterocycles. The monoisotopic (exact) mass is 220 g/mol. The van der Waals surface area contributed by atoms with Gasteiger partial charge in [0.05, 0.1) is 11.1 Å². The maximum atomic E-state index is 11.1. The minimum atomic E-state index is -1.09. The molecule has 0 aliphatic heterocycles. The van der Waals surface area contributed by atoms with Crippen molar-refractivity contribution in [3.05, 3.63) is 40.4 Å². The lowest BCUT2D eigenvalue weighted by molar-refractivity contribution is 0.0697. The number of carbonyl (C=O) groups is 1. The van der Waals surface area contributed by atoms with Gasteiger partial charge in [-0.25, -0.2) is 9.59 Å². The second-order valence-electron chi connectivity index (χ2n) is 3.15. The fourth-order valence-electron chi connectivity index (χ4n) is 1.31. The minimum absolute atomic E-state index is 0.00509. The van der Waals surface area contributed by atoms with Crippen LogP contribution in [0.3, 0.4) is 0 Å². The molecule has 0 amide bonds. The quantitative estimate of drug-likeness (QED) is 0.806. The topological polar surface area (TPSA) is 85.3 Å². The molecule has 0 fully saturated rings. The zero-order valence-corrected chi connectivity index (χ0v) is 8.38. The second kappa shape index (κ2) is 3.65. The number of carboxylic acids is 1. The first-order chi connectivity index (χ1) is 7.59. The summed E-state index contributed by atoms with van der Waals surface area (Å²) in [6, 6.07) is 6.20. The number of carboxylic acid groups (broad SMARTS) is 1. The number of nitrogens with zero attached hydrogens (tertiary/aromatic N) is 2. The average Bonchev–Trinajstić information content (AvgIpc) is 2.59. The van der Waals surface area contributed by atoms with Crippen LogP contribution in [-0.4, -0.2) is 20.9 Å². The lowest BCUT2D eigenvalue weighted by atomic mass is 10.1. The van der Waals surface area contributed by atoms with Crippen molar-refractivity contribution in [1.82, 2.24) is 9.78 Å². The Hall–Kier alpha value is -2.37. The number of benzene rings is 1. The van der Waals surface area contributed by atoms with Gasteiger partial charge in [-0.15, -0.1) is 5.10 Å². The van der Waals surface area contributed by atoms with Crippen molar-refractivity contribution in [2.24, 2.45) is 7.05 Å². The normalized spacial score (nSPS) is 10.3. The number of aromatic nitrogens is 2. The van der Waals surface area contributed by atoms with E-state index in [1.807, 2.05) is 0 Å². The Bertz CT molecular complexity index is 597. The maximum Gasteiger partial charge on any atom is 0.437 e. The van der Waals surface area contributed by atoms with E-state index in [4.69, 9.17) is 9.52 Å². The van der Waals surface area contributed by atoms with Crippen LogP contribution in [0, 0.1) is 0 Å². The van der Waals surface area contributed by atoms with Gasteiger partial charge >= 0.3 is 11.7 Å². The predicted octanol–water partition coefficient (Wildman–Crippen LogP) is 0.738. The largest absolute Gasteiger partial charge is 0.478 e. The van der Waals surface area contributed by atoms with Crippen molar-refractivity contribution in [2.45, 2.75) is 0 Å². The number of rotatable bonds is 2. The molecule has 16 heavy (non-hydrogen) atoms. The van der Waals surface area contributed by atoms with Crippen LogP contribution in [0.15, 0.2) is 33.5 Å². The number of aryl methyl sites for hydroxylation is 1. The Morgan fingerprint density at radius 1 is 1.44 bits per heavy atom. The molecule has 1 aromatic heterocycles. The zero-order valence-electron chi connectivity index (χ0n) is 8.38. The van der Waals surface area contributed by atoms with E-state index in [1.54, 1.807) is 12.1 Å². The smallest absolute Gasteiger partial charge is 0.437 e. The van der Waals surface area contributed by atoms with Gasteiger partial charge in [-0.2, -0.15) is 4.68 Å². The van der Waals surface area contributed by atoms with Gasteiger partial charge in [-0.1, -0.05) is 12.1 Å². The van der Waals surface area contributed by atoms with Crippen LogP contribution in [0.4, 0.5) is 0 Å². The van der Waals surface area contributed by atoms with Gasteiger partial charge in [0.15, 0.2) is 0 Å². The third-order valence-electron chi connectivity index (χ3n) is 2.08. The zero-order chi connectivity index (χ0) is 11.7. The first kappa shape index (κ1) is 10.2. The fraction of sp³-hybridized carbons (Fsp3) is 0.100. The van der Waals surface area contributed by atoms with Gasteiger partial charge in [0.2, 0.25) is 5.89 Å². The van der Waals surface area contributed by atoms with Crippen molar-refractivity contribution in [3.63, 3.8) is 0 Å². The highest BCUT2D eigenvalue weighted by atomic mass is 16.4. The molecule has 0 radical (unpaired) electrons. The highest BCUT2D eigenvalue weighted by Crippen LogP contribution is 2.20. The molecule has 0 atom stereocenters. The molecule has 0 spiro atoms. The van der Waals surface area contributed by atoms with E-state index in [0.717, 1.165) is 4.68 Å². The standard InChI is InChI=1S/C10H8N2O4/c1-12-10(15)16-8(11-12)6-4-2-3-5-7(6)9(13)14/h2-5H,1H3,(H,13,14). The fourth-order valence-corrected chi connectivity index (χ4v) is 1.31. The Balaban J connectivity index is 2.64. The van der Waals surface area contributed by atoms with E-state index in [1.165, 1.54) is 19.2 Å². The van der Waals surface area contributed by atoms with Gasteiger partial charge in [0, 0.05) is 7.05 Å². The molecule has 82 valence electrons. The summed E-state index contributed by atoms with van der Waals surface area (Å²) >= 11 is 0. The lowest BCUT2D eigenvalue weighted by Crippen LogP contribution is -2.09. The maximum absolute atomic E-state index is 11.1. The summed E-state index contributed by atoms with van der Waals surface area (Å²) in [5.41, 5.74) is 0.331. The molecule has 6 nitrogen and oxygen atoms in total. The van der Waals surface area contributed by atoms with Crippen molar-refractivity contribution < 1.29 is 14.3 Å². The summed E-state index contributed by atoms with van der Waals surface area (Å²) in [7, 11) is 1.43. The minimum Gasteiger partial charge on any atom is -0.478 e. The van der Waals surface area contributed by atoms with Crippen LogP contribution in [0.1, 0.15) is 10.4 Å². The van der Waals surface area contributed by atoms with E-state index in [-0.39, 0.29) is 17.0 Å². The van der Waals surface area contributed by atoms with E-state index >= 15 is 0 Å². The van der Waals surface area contributed by atoms with Crippen LogP contribution < -0.4 is 5.76 Å².